The van der Waals surface area contributed by atoms with E-state index >= 15 is 0 Å². The molecule has 0 aromatic carbocycles. The predicted molar refractivity (Wildman–Crippen MR) is 159 cm³/mol. The van der Waals surface area contributed by atoms with Crippen molar-refractivity contribution in [2.75, 3.05) is 13.2 Å². The van der Waals surface area contributed by atoms with Gasteiger partial charge in [0, 0.05) is 23.3 Å². The van der Waals surface area contributed by atoms with E-state index < -0.39 is 132 Å². The van der Waals surface area contributed by atoms with Crippen LogP contribution in [-0.2, 0) is 42.9 Å². The van der Waals surface area contributed by atoms with E-state index in [1.807, 2.05) is 13.8 Å². The molecule has 16 unspecified atom stereocenters. The molecule has 3 saturated heterocycles. The van der Waals surface area contributed by atoms with Crippen molar-refractivity contribution in [2.24, 2.45) is 40.4 Å². The molecule has 0 amide bonds. The van der Waals surface area contributed by atoms with Crippen molar-refractivity contribution in [3.63, 3.8) is 0 Å². The Kier molecular flexibility index (Phi) is 8.84. The fraction of sp³-hybridized carbons (Fsp3) is 0.758. The van der Waals surface area contributed by atoms with Gasteiger partial charge in [0.25, 0.3) is 0 Å². The number of allylic oxidation sites excluding steroid dienone is 3. The highest BCUT2D eigenvalue weighted by atomic mass is 16.7. The van der Waals surface area contributed by atoms with Crippen molar-refractivity contribution in [3.05, 3.63) is 23.5 Å². The SMILES string of the molecule is CC(=CC(=O)OC1C(=O)OC2CC3C(C)C(=O)C(OC4OC(CO)C(O)C(O)C4O)=CC3(C)C3C(O)C(O)C4(C(=O)O)OCC23C14)C(C)C. The van der Waals surface area contributed by atoms with Crippen molar-refractivity contribution in [3.8, 4) is 0 Å². The fourth-order valence-electron chi connectivity index (χ4n) is 9.54. The Bertz CT molecular complexity index is 1470. The summed E-state index contributed by atoms with van der Waals surface area (Å²) < 4.78 is 28.8. The average Bonchev–Trinajstić information content (AvgIpc) is 3.35. The topological polar surface area (TPSA) is 256 Å². The van der Waals surface area contributed by atoms with Crippen molar-refractivity contribution < 1.29 is 78.6 Å². The zero-order valence-electron chi connectivity index (χ0n) is 27.7. The number of hydrogen-bond donors (Lipinski definition) is 7. The van der Waals surface area contributed by atoms with Crippen LogP contribution >= 0.6 is 0 Å². The minimum absolute atomic E-state index is 0.000867. The first-order valence-corrected chi connectivity index (χ1v) is 16.4. The smallest absolute Gasteiger partial charge is 0.348 e. The quantitative estimate of drug-likeness (QED) is 0.114. The third-order valence-electron chi connectivity index (χ3n) is 12.2. The van der Waals surface area contributed by atoms with Gasteiger partial charge in [0.1, 0.15) is 36.6 Å². The predicted octanol–water partition coefficient (Wildman–Crippen LogP) is -1.82. The molecule has 272 valence electrons. The lowest BCUT2D eigenvalue weighted by Gasteiger charge is -2.67. The summed E-state index contributed by atoms with van der Waals surface area (Å²) in [4.78, 5) is 53.6. The molecular formula is C33H44O16. The molecule has 3 aliphatic heterocycles. The van der Waals surface area contributed by atoms with Crippen LogP contribution in [-0.4, -0.2) is 133 Å². The summed E-state index contributed by atoms with van der Waals surface area (Å²) in [7, 11) is 0. The van der Waals surface area contributed by atoms with E-state index in [1.54, 1.807) is 20.8 Å². The number of rotatable bonds is 7. The molecule has 1 spiro atoms. The summed E-state index contributed by atoms with van der Waals surface area (Å²) in [5.74, 6) is -8.89. The van der Waals surface area contributed by atoms with Gasteiger partial charge >= 0.3 is 17.9 Å². The Morgan fingerprint density at radius 1 is 1.06 bits per heavy atom. The molecule has 16 heteroatoms. The van der Waals surface area contributed by atoms with Crippen LogP contribution < -0.4 is 0 Å². The van der Waals surface area contributed by atoms with Crippen LogP contribution in [0.25, 0.3) is 0 Å². The number of carboxylic acids is 1. The number of ketones is 1. The molecule has 7 N–H and O–H groups in total. The second kappa shape index (κ2) is 12.1. The maximum atomic E-state index is 13.8. The molecule has 3 heterocycles. The Balaban J connectivity index is 1.46. The van der Waals surface area contributed by atoms with E-state index in [2.05, 4.69) is 0 Å². The normalized spacial score (nSPS) is 49.0. The summed E-state index contributed by atoms with van der Waals surface area (Å²) in [6.45, 7) is 7.47. The second-order valence-electron chi connectivity index (χ2n) is 14.9. The highest BCUT2D eigenvalue weighted by Gasteiger charge is 2.85. The first kappa shape index (κ1) is 35.9. The third-order valence-corrected chi connectivity index (χ3v) is 12.2. The zero-order valence-corrected chi connectivity index (χ0v) is 27.7. The van der Waals surface area contributed by atoms with Crippen LogP contribution in [0.5, 0.6) is 0 Å². The number of ether oxygens (including phenoxy) is 5. The third kappa shape index (κ3) is 4.86. The first-order chi connectivity index (χ1) is 22.9. The zero-order chi connectivity index (χ0) is 36.1. The lowest BCUT2D eigenvalue weighted by molar-refractivity contribution is -0.296. The summed E-state index contributed by atoms with van der Waals surface area (Å²) in [6, 6.07) is 0. The van der Waals surface area contributed by atoms with Gasteiger partial charge in [-0.05, 0) is 36.7 Å². The average molecular weight is 697 g/mol. The summed E-state index contributed by atoms with van der Waals surface area (Å²) in [5.41, 5.74) is -4.83. The minimum Gasteiger partial charge on any atom is -0.479 e. The van der Waals surface area contributed by atoms with Crippen LogP contribution in [0.3, 0.4) is 0 Å². The van der Waals surface area contributed by atoms with E-state index in [9.17, 15) is 54.9 Å². The number of fused-ring (bicyclic) bond motifs is 2. The Morgan fingerprint density at radius 3 is 2.35 bits per heavy atom. The van der Waals surface area contributed by atoms with Gasteiger partial charge < -0.3 is 59.4 Å². The number of aliphatic carboxylic acids is 1. The van der Waals surface area contributed by atoms with Crippen molar-refractivity contribution in [1.29, 1.82) is 0 Å². The summed E-state index contributed by atoms with van der Waals surface area (Å²) in [6.07, 6.45) is -12.7. The lowest BCUT2D eigenvalue weighted by Crippen LogP contribution is -2.79. The van der Waals surface area contributed by atoms with Crippen molar-refractivity contribution in [1.82, 2.24) is 0 Å². The maximum absolute atomic E-state index is 13.8. The van der Waals surface area contributed by atoms with E-state index in [4.69, 9.17) is 23.7 Å². The van der Waals surface area contributed by atoms with Crippen LogP contribution in [0.2, 0.25) is 0 Å². The van der Waals surface area contributed by atoms with Gasteiger partial charge in [-0.1, -0.05) is 33.3 Å². The van der Waals surface area contributed by atoms with E-state index in [0.29, 0.717) is 5.57 Å². The van der Waals surface area contributed by atoms with Gasteiger partial charge in [-0.25, -0.2) is 14.4 Å². The Labute approximate surface area is 281 Å². The van der Waals surface area contributed by atoms with Crippen LogP contribution in [0.4, 0.5) is 0 Å². The molecule has 0 aromatic rings. The number of aliphatic hydroxyl groups is 6. The van der Waals surface area contributed by atoms with Crippen LogP contribution in [0, 0.1) is 40.4 Å². The number of esters is 2. The molecule has 6 aliphatic rings. The van der Waals surface area contributed by atoms with E-state index in [-0.39, 0.29) is 18.1 Å². The molecule has 49 heavy (non-hydrogen) atoms. The van der Waals surface area contributed by atoms with Crippen LogP contribution in [0.1, 0.15) is 41.0 Å². The van der Waals surface area contributed by atoms with Gasteiger partial charge in [-0.3, -0.25) is 4.79 Å². The Hall–Kier alpha value is -2.96. The number of aliphatic hydroxyl groups excluding tert-OH is 6. The minimum atomic E-state index is -2.58. The largest absolute Gasteiger partial charge is 0.479 e. The molecule has 16 atom stereocenters. The van der Waals surface area contributed by atoms with Gasteiger partial charge in [-0.2, -0.15) is 0 Å². The molecule has 5 fully saturated rings. The van der Waals surface area contributed by atoms with Crippen molar-refractivity contribution in [2.45, 2.75) is 102 Å². The number of hydrogen-bond acceptors (Lipinski definition) is 15. The fourth-order valence-corrected chi connectivity index (χ4v) is 9.54. The lowest BCUT2D eigenvalue weighted by atomic mass is 9.38. The first-order valence-electron chi connectivity index (χ1n) is 16.4. The maximum Gasteiger partial charge on any atom is 0.348 e. The second-order valence-corrected chi connectivity index (χ2v) is 14.9. The molecule has 2 saturated carbocycles. The highest BCUT2D eigenvalue weighted by molar-refractivity contribution is 5.97. The molecule has 16 nitrogen and oxygen atoms in total. The summed E-state index contributed by atoms with van der Waals surface area (Å²) >= 11 is 0. The molecule has 6 rings (SSSR count). The van der Waals surface area contributed by atoms with Gasteiger partial charge in [-0.15, -0.1) is 0 Å². The number of carbonyl (C=O) groups excluding carboxylic acids is 3. The van der Waals surface area contributed by atoms with E-state index in [0.717, 1.165) is 0 Å². The standard InChI is InChI=1S/C33H44O16/c1-11(2)12(3)6-18(35)49-24-26-32-10-45-33(26,30(43)44)27(41)23(40)25(32)31(5)8-15(19(36)13(4)14(31)7-17(32)48-28(24)42)46-29-22(39)21(38)20(37)16(9-34)47-29/h6,8,11,13-14,16-17,20-27,29,34,37-41H,7,9-10H2,1-5H3,(H,43,44). The molecule has 2 bridgehead atoms. The summed E-state index contributed by atoms with van der Waals surface area (Å²) in [5, 5.41) is 75.0. The molecular weight excluding hydrogens is 652 g/mol. The molecule has 3 aliphatic carbocycles. The van der Waals surface area contributed by atoms with Crippen molar-refractivity contribution >= 4 is 23.7 Å². The van der Waals surface area contributed by atoms with Crippen LogP contribution in [0.15, 0.2) is 23.5 Å². The molecule has 0 radical (unpaired) electrons. The number of carbonyl (C=O) groups is 4. The van der Waals surface area contributed by atoms with Gasteiger partial charge in [0.15, 0.2) is 11.5 Å². The molecule has 0 aromatic heterocycles. The van der Waals surface area contributed by atoms with E-state index in [1.165, 1.54) is 12.2 Å². The van der Waals surface area contributed by atoms with Gasteiger partial charge in [0.2, 0.25) is 18.0 Å². The highest BCUT2D eigenvalue weighted by Crippen LogP contribution is 2.72. The monoisotopic (exact) mass is 696 g/mol. The Morgan fingerprint density at radius 2 is 1.73 bits per heavy atom. The van der Waals surface area contributed by atoms with Gasteiger partial charge in [0.05, 0.1) is 25.2 Å². The number of Topliss-reactive ketones (excluding diaryl/α,β-unsaturated/α-hetero) is 1. The number of carboxylic acid groups (broad SMARTS) is 1.